The van der Waals surface area contributed by atoms with Gasteiger partial charge in [0.2, 0.25) is 0 Å². The van der Waals surface area contributed by atoms with Crippen molar-refractivity contribution < 1.29 is 4.74 Å². The molecule has 4 nitrogen and oxygen atoms in total. The van der Waals surface area contributed by atoms with Gasteiger partial charge in [0.25, 0.3) is 0 Å². The van der Waals surface area contributed by atoms with Gasteiger partial charge in [-0.3, -0.25) is 0 Å². The molecule has 1 aromatic rings. The first kappa shape index (κ1) is 13.6. The Morgan fingerprint density at radius 3 is 2.89 bits per heavy atom. The number of ether oxygens (including phenoxy) is 1. The minimum atomic E-state index is 0.384. The number of aromatic nitrogens is 2. The second-order valence-corrected chi connectivity index (χ2v) is 5.24. The molecule has 1 aliphatic rings. The molecule has 0 radical (unpaired) electrons. The summed E-state index contributed by atoms with van der Waals surface area (Å²) >= 11 is 5.98. The molecule has 0 bridgehead atoms. The third-order valence-corrected chi connectivity index (χ3v) is 3.37. The van der Waals surface area contributed by atoms with E-state index in [-0.39, 0.29) is 0 Å². The van der Waals surface area contributed by atoms with Crippen LogP contribution in [0, 0.1) is 5.92 Å². The molecule has 0 spiro atoms. The topological polar surface area (TPSA) is 47.0 Å². The van der Waals surface area contributed by atoms with Crippen LogP contribution in [-0.4, -0.2) is 23.1 Å². The molecule has 100 valence electrons. The molecule has 0 saturated heterocycles. The summed E-state index contributed by atoms with van der Waals surface area (Å²) in [6.45, 7) is 2.58. The van der Waals surface area contributed by atoms with Crippen molar-refractivity contribution in [2.24, 2.45) is 5.92 Å². The highest BCUT2D eigenvalue weighted by Crippen LogP contribution is 2.34. The Hall–Kier alpha value is -0.870. The van der Waals surface area contributed by atoms with E-state index in [4.69, 9.17) is 16.3 Å². The zero-order chi connectivity index (χ0) is 13.0. The zero-order valence-corrected chi connectivity index (χ0v) is 11.7. The molecule has 1 aromatic heterocycles. The van der Waals surface area contributed by atoms with Crippen molar-refractivity contribution in [3.8, 4) is 0 Å². The number of hydrogen-bond acceptors (Lipinski definition) is 4. The van der Waals surface area contributed by atoms with Gasteiger partial charge in [0, 0.05) is 19.2 Å². The van der Waals surface area contributed by atoms with Crippen molar-refractivity contribution in [2.45, 2.75) is 45.3 Å². The summed E-state index contributed by atoms with van der Waals surface area (Å²) in [6, 6.07) is 2.25. The predicted octanol–water partition coefficient (Wildman–Crippen LogP) is 3.27. The van der Waals surface area contributed by atoms with Gasteiger partial charge in [-0.2, -0.15) is 0 Å². The largest absolute Gasteiger partial charge is 0.377 e. The van der Waals surface area contributed by atoms with Crippen molar-refractivity contribution in [1.82, 2.24) is 9.97 Å². The Morgan fingerprint density at radius 2 is 2.28 bits per heavy atom. The van der Waals surface area contributed by atoms with Gasteiger partial charge in [0.1, 0.15) is 17.6 Å². The molecule has 1 fully saturated rings. The van der Waals surface area contributed by atoms with Crippen molar-refractivity contribution >= 4 is 17.4 Å². The minimum Gasteiger partial charge on any atom is -0.377 e. The van der Waals surface area contributed by atoms with Crippen molar-refractivity contribution in [3.05, 3.63) is 17.0 Å². The molecule has 1 atom stereocenters. The van der Waals surface area contributed by atoms with Crippen LogP contribution < -0.4 is 5.32 Å². The number of rotatable bonds is 7. The molecule has 2 rings (SSSR count). The zero-order valence-electron chi connectivity index (χ0n) is 10.9. The average molecular weight is 270 g/mol. The van der Waals surface area contributed by atoms with Crippen LogP contribution in [0.15, 0.2) is 6.07 Å². The van der Waals surface area contributed by atoms with Crippen molar-refractivity contribution in [1.29, 1.82) is 0 Å². The van der Waals surface area contributed by atoms with E-state index in [2.05, 4.69) is 22.2 Å². The highest BCUT2D eigenvalue weighted by molar-refractivity contribution is 6.29. The molecule has 1 heterocycles. The maximum atomic E-state index is 5.98. The predicted molar refractivity (Wildman–Crippen MR) is 72.8 cm³/mol. The van der Waals surface area contributed by atoms with Gasteiger partial charge in [-0.25, -0.2) is 9.97 Å². The van der Waals surface area contributed by atoms with Gasteiger partial charge >= 0.3 is 0 Å². The molecule has 0 aliphatic heterocycles. The fourth-order valence-corrected chi connectivity index (χ4v) is 2.23. The lowest BCUT2D eigenvalue weighted by Gasteiger charge is -2.17. The standard InChI is InChI=1S/C13H20ClN3O/c1-3-10(6-9-4-5-9)15-12-7-11(14)16-13(17-12)8-18-2/h7,9-10H,3-6,8H2,1-2H3,(H,15,16,17). The number of hydrogen-bond donors (Lipinski definition) is 1. The third kappa shape index (κ3) is 4.10. The molecule has 0 amide bonds. The lowest BCUT2D eigenvalue weighted by molar-refractivity contribution is 0.178. The number of nitrogens with one attached hydrogen (secondary N) is 1. The van der Waals surface area contributed by atoms with E-state index in [1.54, 1.807) is 13.2 Å². The van der Waals surface area contributed by atoms with Gasteiger partial charge in [-0.15, -0.1) is 0 Å². The molecule has 0 aromatic carbocycles. The van der Waals surface area contributed by atoms with Crippen LogP contribution in [0.2, 0.25) is 5.15 Å². The van der Waals surface area contributed by atoms with Crippen LogP contribution in [0.5, 0.6) is 0 Å². The summed E-state index contributed by atoms with van der Waals surface area (Å²) in [5.74, 6) is 2.32. The fraction of sp³-hybridized carbons (Fsp3) is 0.692. The van der Waals surface area contributed by atoms with Gasteiger partial charge < -0.3 is 10.1 Å². The molecule has 1 saturated carbocycles. The third-order valence-electron chi connectivity index (χ3n) is 3.17. The normalized spacial score (nSPS) is 16.6. The lowest BCUT2D eigenvalue weighted by atomic mass is 10.1. The lowest BCUT2D eigenvalue weighted by Crippen LogP contribution is -2.20. The van der Waals surface area contributed by atoms with Crippen LogP contribution in [-0.2, 0) is 11.3 Å². The summed E-state index contributed by atoms with van der Waals surface area (Å²) in [4.78, 5) is 8.53. The Labute approximate surface area is 113 Å². The van der Waals surface area contributed by atoms with E-state index in [1.807, 2.05) is 0 Å². The van der Waals surface area contributed by atoms with Gasteiger partial charge in [-0.05, 0) is 18.8 Å². The molecule has 1 aliphatic carbocycles. The van der Waals surface area contributed by atoms with E-state index in [0.29, 0.717) is 23.6 Å². The molecular formula is C13H20ClN3O. The summed E-state index contributed by atoms with van der Waals surface area (Å²) < 4.78 is 5.03. The fourth-order valence-electron chi connectivity index (χ4n) is 2.03. The monoisotopic (exact) mass is 269 g/mol. The highest BCUT2D eigenvalue weighted by Gasteiger charge is 2.24. The van der Waals surface area contributed by atoms with Gasteiger partial charge in [-0.1, -0.05) is 31.4 Å². The number of methoxy groups -OCH3 is 1. The van der Waals surface area contributed by atoms with E-state index in [9.17, 15) is 0 Å². The molecule has 1 N–H and O–H groups in total. The molecule has 5 heteroatoms. The molecule has 18 heavy (non-hydrogen) atoms. The quantitative estimate of drug-likeness (QED) is 0.772. The van der Waals surface area contributed by atoms with Crippen LogP contribution in [0.25, 0.3) is 0 Å². The van der Waals surface area contributed by atoms with Crippen molar-refractivity contribution in [3.63, 3.8) is 0 Å². The number of anilines is 1. The Kier molecular flexibility index (Phi) is 4.78. The summed E-state index contributed by atoms with van der Waals surface area (Å²) in [6.07, 6.45) is 5.06. The second kappa shape index (κ2) is 6.34. The van der Waals surface area contributed by atoms with E-state index in [1.165, 1.54) is 19.3 Å². The van der Waals surface area contributed by atoms with Crippen LogP contribution in [0.3, 0.4) is 0 Å². The number of halogens is 1. The smallest absolute Gasteiger partial charge is 0.158 e. The van der Waals surface area contributed by atoms with E-state index < -0.39 is 0 Å². The summed E-state index contributed by atoms with van der Waals surface area (Å²) in [7, 11) is 1.62. The first-order chi connectivity index (χ1) is 8.71. The van der Waals surface area contributed by atoms with E-state index in [0.717, 1.165) is 18.2 Å². The summed E-state index contributed by atoms with van der Waals surface area (Å²) in [5, 5.41) is 3.91. The maximum Gasteiger partial charge on any atom is 0.158 e. The molecule has 1 unspecified atom stereocenters. The average Bonchev–Trinajstić information content (AvgIpc) is 3.12. The van der Waals surface area contributed by atoms with Gasteiger partial charge in [0.15, 0.2) is 5.82 Å². The van der Waals surface area contributed by atoms with Crippen LogP contribution in [0.1, 0.15) is 38.4 Å². The SMILES string of the molecule is CCC(CC1CC1)Nc1cc(Cl)nc(COC)n1. The van der Waals surface area contributed by atoms with Gasteiger partial charge in [0.05, 0.1) is 0 Å². The number of nitrogens with zero attached hydrogens (tertiary/aromatic N) is 2. The maximum absolute atomic E-state index is 5.98. The Bertz CT molecular complexity index is 396. The first-order valence-electron chi connectivity index (χ1n) is 6.50. The van der Waals surface area contributed by atoms with E-state index >= 15 is 0 Å². The minimum absolute atomic E-state index is 0.384. The Morgan fingerprint density at radius 1 is 1.50 bits per heavy atom. The van der Waals surface area contributed by atoms with Crippen molar-refractivity contribution in [2.75, 3.05) is 12.4 Å². The second-order valence-electron chi connectivity index (χ2n) is 4.85. The molecular weight excluding hydrogens is 250 g/mol. The highest BCUT2D eigenvalue weighted by atomic mass is 35.5. The van der Waals surface area contributed by atoms with Crippen LogP contribution in [0.4, 0.5) is 5.82 Å². The van der Waals surface area contributed by atoms with Crippen LogP contribution >= 0.6 is 11.6 Å². The summed E-state index contributed by atoms with van der Waals surface area (Å²) in [5.41, 5.74) is 0. The Balaban J connectivity index is 2.01. The first-order valence-corrected chi connectivity index (χ1v) is 6.88.